The Balaban J connectivity index is 1.76. The number of hydrogen-bond donors (Lipinski definition) is 1. The first-order chi connectivity index (χ1) is 10.3. The van der Waals surface area contributed by atoms with Crippen LogP contribution in [0.3, 0.4) is 0 Å². The number of nitrogens with zero attached hydrogens (tertiary/aromatic N) is 1. The Kier molecular flexibility index (Phi) is 4.61. The van der Waals surface area contributed by atoms with Crippen molar-refractivity contribution in [2.45, 2.75) is 57.4 Å². The molecule has 3 rings (SSSR count). The lowest BCUT2D eigenvalue weighted by molar-refractivity contribution is -0.140. The highest BCUT2D eigenvalue weighted by Gasteiger charge is 2.40. The molecule has 0 bridgehead atoms. The molecule has 2 aliphatic carbocycles. The molecule has 1 heterocycles. The van der Waals surface area contributed by atoms with Gasteiger partial charge in [0.05, 0.1) is 5.92 Å². The summed E-state index contributed by atoms with van der Waals surface area (Å²) in [5.74, 6) is 0.589. The normalized spacial score (nSPS) is 31.0. The number of amides is 2. The minimum Gasteiger partial charge on any atom is -0.356 e. The first kappa shape index (κ1) is 14.6. The van der Waals surface area contributed by atoms with Crippen LogP contribution in [0.5, 0.6) is 0 Å². The van der Waals surface area contributed by atoms with E-state index in [2.05, 4.69) is 22.4 Å². The van der Waals surface area contributed by atoms with Gasteiger partial charge in [-0.25, -0.2) is 0 Å². The van der Waals surface area contributed by atoms with E-state index in [1.54, 1.807) is 0 Å². The van der Waals surface area contributed by atoms with Crippen molar-refractivity contribution < 1.29 is 9.59 Å². The third kappa shape index (κ3) is 3.14. The summed E-state index contributed by atoms with van der Waals surface area (Å²) >= 11 is 0. The van der Waals surface area contributed by atoms with E-state index in [9.17, 15) is 9.59 Å². The van der Waals surface area contributed by atoms with Gasteiger partial charge in [-0.15, -0.1) is 0 Å². The molecule has 0 spiro atoms. The lowest BCUT2D eigenvalue weighted by Gasteiger charge is -2.35. The molecule has 116 valence electrons. The Hall–Kier alpha value is -1.32. The van der Waals surface area contributed by atoms with Gasteiger partial charge in [0.25, 0.3) is 0 Å². The van der Waals surface area contributed by atoms with Crippen molar-refractivity contribution in [3.8, 4) is 0 Å². The van der Waals surface area contributed by atoms with Crippen LogP contribution >= 0.6 is 0 Å². The fourth-order valence-corrected chi connectivity index (χ4v) is 4.04. The van der Waals surface area contributed by atoms with Crippen LogP contribution in [0, 0.1) is 11.8 Å². The largest absolute Gasteiger partial charge is 0.356 e. The second-order valence-corrected chi connectivity index (χ2v) is 6.63. The SMILES string of the molecule is O=C1NCCCCCN(C(=O)C2CC=CC2)C2CCCC12. The third-order valence-electron chi connectivity index (χ3n) is 5.23. The van der Waals surface area contributed by atoms with Gasteiger partial charge in [-0.3, -0.25) is 9.59 Å². The zero-order valence-corrected chi connectivity index (χ0v) is 12.7. The molecule has 1 N–H and O–H groups in total. The summed E-state index contributed by atoms with van der Waals surface area (Å²) in [7, 11) is 0. The van der Waals surface area contributed by atoms with E-state index in [1.807, 2.05) is 0 Å². The van der Waals surface area contributed by atoms with Crippen LogP contribution in [0.1, 0.15) is 51.4 Å². The van der Waals surface area contributed by atoms with Crippen molar-refractivity contribution in [2.75, 3.05) is 13.1 Å². The number of allylic oxidation sites excluding steroid dienone is 2. The van der Waals surface area contributed by atoms with Crippen molar-refractivity contribution in [3.05, 3.63) is 12.2 Å². The Bertz CT molecular complexity index is 425. The predicted octanol–water partition coefficient (Wildman–Crippen LogP) is 2.25. The minimum atomic E-state index is 0.0152. The topological polar surface area (TPSA) is 49.4 Å². The second-order valence-electron chi connectivity index (χ2n) is 6.63. The summed E-state index contributed by atoms with van der Waals surface area (Å²) < 4.78 is 0. The molecule has 4 heteroatoms. The van der Waals surface area contributed by atoms with Gasteiger partial charge in [0.2, 0.25) is 11.8 Å². The van der Waals surface area contributed by atoms with Crippen LogP contribution < -0.4 is 5.32 Å². The number of carbonyl (C=O) groups excluding carboxylic acids is 2. The summed E-state index contributed by atoms with van der Waals surface area (Å²) in [5.41, 5.74) is 0. The summed E-state index contributed by atoms with van der Waals surface area (Å²) in [4.78, 5) is 27.3. The van der Waals surface area contributed by atoms with Crippen molar-refractivity contribution in [2.24, 2.45) is 11.8 Å². The standard InChI is InChI=1S/C17H26N2O2/c20-16-14-9-6-10-15(14)19(12-5-1-4-11-18-16)17(21)13-7-2-3-8-13/h2-3,13-15H,1,4-12H2,(H,18,20). The molecule has 0 radical (unpaired) electrons. The molecule has 0 aromatic rings. The van der Waals surface area contributed by atoms with Gasteiger partial charge in [0.15, 0.2) is 0 Å². The molecule has 0 aromatic heterocycles. The molecule has 3 aliphatic rings. The maximum absolute atomic E-state index is 12.9. The Morgan fingerprint density at radius 3 is 2.71 bits per heavy atom. The molecular formula is C17H26N2O2. The molecular weight excluding hydrogens is 264 g/mol. The second kappa shape index (κ2) is 6.63. The molecule has 21 heavy (non-hydrogen) atoms. The van der Waals surface area contributed by atoms with E-state index < -0.39 is 0 Å². The van der Waals surface area contributed by atoms with Crippen LogP contribution in [-0.4, -0.2) is 35.8 Å². The van der Waals surface area contributed by atoms with Crippen LogP contribution in [0.4, 0.5) is 0 Å². The van der Waals surface area contributed by atoms with E-state index >= 15 is 0 Å². The first-order valence-electron chi connectivity index (χ1n) is 8.50. The van der Waals surface area contributed by atoms with Crippen molar-refractivity contribution >= 4 is 11.8 Å². The van der Waals surface area contributed by atoms with Crippen LogP contribution in [0.25, 0.3) is 0 Å². The maximum Gasteiger partial charge on any atom is 0.226 e. The van der Waals surface area contributed by atoms with Gasteiger partial charge in [0.1, 0.15) is 0 Å². The summed E-state index contributed by atoms with van der Waals surface area (Å²) in [6.07, 6.45) is 12.1. The smallest absolute Gasteiger partial charge is 0.226 e. The minimum absolute atomic E-state index is 0.0152. The van der Waals surface area contributed by atoms with Gasteiger partial charge in [-0.2, -0.15) is 0 Å². The van der Waals surface area contributed by atoms with Gasteiger partial charge >= 0.3 is 0 Å². The number of rotatable bonds is 1. The van der Waals surface area contributed by atoms with E-state index in [0.29, 0.717) is 0 Å². The highest BCUT2D eigenvalue weighted by Crippen LogP contribution is 2.33. The quantitative estimate of drug-likeness (QED) is 0.753. The Morgan fingerprint density at radius 2 is 1.90 bits per heavy atom. The number of fused-ring (bicyclic) bond motifs is 1. The van der Waals surface area contributed by atoms with Crippen LogP contribution in [0.15, 0.2) is 12.2 Å². The first-order valence-corrected chi connectivity index (χ1v) is 8.50. The highest BCUT2D eigenvalue weighted by molar-refractivity contribution is 5.83. The van der Waals surface area contributed by atoms with E-state index in [-0.39, 0.29) is 29.7 Å². The van der Waals surface area contributed by atoms with Crippen molar-refractivity contribution in [1.29, 1.82) is 0 Å². The number of nitrogens with one attached hydrogen (secondary N) is 1. The average Bonchev–Trinajstić information content (AvgIpc) is 3.16. The average molecular weight is 290 g/mol. The number of hydrogen-bond acceptors (Lipinski definition) is 2. The Morgan fingerprint density at radius 1 is 1.10 bits per heavy atom. The van der Waals surface area contributed by atoms with Gasteiger partial charge in [-0.05, 0) is 44.9 Å². The molecule has 2 atom stereocenters. The van der Waals surface area contributed by atoms with E-state index in [1.165, 1.54) is 0 Å². The fraction of sp³-hybridized carbons (Fsp3) is 0.765. The molecule has 1 aliphatic heterocycles. The molecule has 1 saturated heterocycles. The van der Waals surface area contributed by atoms with Gasteiger partial charge in [0, 0.05) is 25.0 Å². The fourth-order valence-electron chi connectivity index (χ4n) is 4.04. The molecule has 1 saturated carbocycles. The van der Waals surface area contributed by atoms with Crippen molar-refractivity contribution in [3.63, 3.8) is 0 Å². The molecule has 2 amide bonds. The molecule has 2 fully saturated rings. The molecule has 2 unspecified atom stereocenters. The maximum atomic E-state index is 12.9. The number of carbonyl (C=O) groups is 2. The highest BCUT2D eigenvalue weighted by atomic mass is 16.2. The monoisotopic (exact) mass is 290 g/mol. The summed E-state index contributed by atoms with van der Waals surface area (Å²) in [6, 6.07) is 0.135. The predicted molar refractivity (Wildman–Crippen MR) is 81.6 cm³/mol. The summed E-state index contributed by atoms with van der Waals surface area (Å²) in [6.45, 7) is 1.63. The van der Waals surface area contributed by atoms with E-state index in [0.717, 1.165) is 64.5 Å². The Labute approximate surface area is 127 Å². The van der Waals surface area contributed by atoms with E-state index in [4.69, 9.17) is 0 Å². The summed E-state index contributed by atoms with van der Waals surface area (Å²) in [5, 5.41) is 3.06. The van der Waals surface area contributed by atoms with Crippen LogP contribution in [-0.2, 0) is 9.59 Å². The zero-order chi connectivity index (χ0) is 14.7. The lowest BCUT2D eigenvalue weighted by atomic mass is 9.96. The zero-order valence-electron chi connectivity index (χ0n) is 12.7. The van der Waals surface area contributed by atoms with Crippen molar-refractivity contribution in [1.82, 2.24) is 10.2 Å². The lowest BCUT2D eigenvalue weighted by Crippen LogP contribution is -2.49. The molecule has 0 aromatic carbocycles. The third-order valence-corrected chi connectivity index (χ3v) is 5.23. The molecule has 4 nitrogen and oxygen atoms in total. The van der Waals surface area contributed by atoms with Gasteiger partial charge in [-0.1, -0.05) is 18.6 Å². The van der Waals surface area contributed by atoms with Gasteiger partial charge < -0.3 is 10.2 Å². The van der Waals surface area contributed by atoms with Crippen LogP contribution in [0.2, 0.25) is 0 Å².